The van der Waals surface area contributed by atoms with Crippen LogP contribution in [-0.4, -0.2) is 24.7 Å². The fourth-order valence-electron chi connectivity index (χ4n) is 0.990. The standard InChI is InChI=1S/C11H13NO3/c1-3-15-11(13)5-4-9-8-10(14-2)6-7-12-9/h4-8H,3H2,1-2H3. The number of carbonyl (C=O) groups is 1. The highest BCUT2D eigenvalue weighted by molar-refractivity contribution is 5.86. The van der Waals surface area contributed by atoms with E-state index in [9.17, 15) is 4.79 Å². The summed E-state index contributed by atoms with van der Waals surface area (Å²) >= 11 is 0. The molecular formula is C11H13NO3. The van der Waals surface area contributed by atoms with Gasteiger partial charge in [0.25, 0.3) is 0 Å². The Morgan fingerprint density at radius 3 is 3.07 bits per heavy atom. The summed E-state index contributed by atoms with van der Waals surface area (Å²) in [6, 6.07) is 3.47. The Morgan fingerprint density at radius 1 is 1.60 bits per heavy atom. The number of aromatic nitrogens is 1. The van der Waals surface area contributed by atoms with Gasteiger partial charge in [-0.05, 0) is 19.1 Å². The van der Waals surface area contributed by atoms with Crippen LogP contribution in [0.25, 0.3) is 6.08 Å². The minimum atomic E-state index is -0.373. The maximum absolute atomic E-state index is 11.0. The van der Waals surface area contributed by atoms with Gasteiger partial charge in [0.15, 0.2) is 0 Å². The van der Waals surface area contributed by atoms with Crippen LogP contribution >= 0.6 is 0 Å². The van der Waals surface area contributed by atoms with Gasteiger partial charge in [0.05, 0.1) is 19.4 Å². The van der Waals surface area contributed by atoms with Gasteiger partial charge in [-0.3, -0.25) is 4.98 Å². The average molecular weight is 207 g/mol. The smallest absolute Gasteiger partial charge is 0.330 e. The molecule has 4 nitrogen and oxygen atoms in total. The largest absolute Gasteiger partial charge is 0.497 e. The molecule has 15 heavy (non-hydrogen) atoms. The topological polar surface area (TPSA) is 48.4 Å². The van der Waals surface area contributed by atoms with Gasteiger partial charge >= 0.3 is 5.97 Å². The van der Waals surface area contributed by atoms with Crippen molar-refractivity contribution in [3.63, 3.8) is 0 Å². The summed E-state index contributed by atoms with van der Waals surface area (Å²) < 4.78 is 9.75. The summed E-state index contributed by atoms with van der Waals surface area (Å²) in [7, 11) is 1.58. The summed E-state index contributed by atoms with van der Waals surface area (Å²) in [5.74, 6) is 0.329. The predicted octanol–water partition coefficient (Wildman–Crippen LogP) is 1.67. The third kappa shape index (κ3) is 3.81. The highest BCUT2D eigenvalue weighted by atomic mass is 16.5. The zero-order valence-corrected chi connectivity index (χ0v) is 8.77. The van der Waals surface area contributed by atoms with Crippen LogP contribution < -0.4 is 4.74 Å². The molecule has 0 aliphatic heterocycles. The molecule has 0 amide bonds. The Bertz CT molecular complexity index is 361. The number of carbonyl (C=O) groups excluding carboxylic acids is 1. The van der Waals surface area contributed by atoms with E-state index in [0.717, 1.165) is 0 Å². The van der Waals surface area contributed by atoms with Crippen molar-refractivity contribution in [2.75, 3.05) is 13.7 Å². The molecule has 1 aromatic heterocycles. The van der Waals surface area contributed by atoms with Crippen molar-refractivity contribution >= 4 is 12.0 Å². The van der Waals surface area contributed by atoms with Gasteiger partial charge in [0.2, 0.25) is 0 Å². The third-order valence-corrected chi connectivity index (χ3v) is 1.67. The van der Waals surface area contributed by atoms with E-state index in [1.807, 2.05) is 0 Å². The van der Waals surface area contributed by atoms with Gasteiger partial charge in [-0.1, -0.05) is 0 Å². The number of pyridine rings is 1. The van der Waals surface area contributed by atoms with Crippen LogP contribution in [0, 0.1) is 0 Å². The van der Waals surface area contributed by atoms with Gasteiger partial charge < -0.3 is 9.47 Å². The second-order valence-electron chi connectivity index (χ2n) is 2.71. The lowest BCUT2D eigenvalue weighted by molar-refractivity contribution is -0.137. The van der Waals surface area contributed by atoms with E-state index in [-0.39, 0.29) is 5.97 Å². The molecule has 0 unspecified atom stereocenters. The van der Waals surface area contributed by atoms with Crippen molar-refractivity contribution in [2.45, 2.75) is 6.92 Å². The molecule has 0 spiro atoms. The van der Waals surface area contributed by atoms with Crippen LogP contribution in [0.1, 0.15) is 12.6 Å². The lowest BCUT2D eigenvalue weighted by Crippen LogP contribution is -1.98. The van der Waals surface area contributed by atoms with Gasteiger partial charge in [0, 0.05) is 18.3 Å². The summed E-state index contributed by atoms with van der Waals surface area (Å²) in [4.78, 5) is 15.0. The van der Waals surface area contributed by atoms with E-state index in [1.165, 1.54) is 6.08 Å². The van der Waals surface area contributed by atoms with Gasteiger partial charge in [0.1, 0.15) is 5.75 Å². The predicted molar refractivity (Wildman–Crippen MR) is 56.5 cm³/mol. The quantitative estimate of drug-likeness (QED) is 0.556. The molecule has 0 radical (unpaired) electrons. The Labute approximate surface area is 88.5 Å². The average Bonchev–Trinajstić information content (AvgIpc) is 2.27. The van der Waals surface area contributed by atoms with Crippen LogP contribution in [0.2, 0.25) is 0 Å². The summed E-state index contributed by atoms with van der Waals surface area (Å²) in [5.41, 5.74) is 0.655. The molecule has 1 aromatic rings. The molecule has 0 atom stereocenters. The molecule has 0 aromatic carbocycles. The normalized spacial score (nSPS) is 10.3. The Balaban J connectivity index is 2.67. The number of rotatable bonds is 4. The lowest BCUT2D eigenvalue weighted by atomic mass is 10.3. The van der Waals surface area contributed by atoms with Gasteiger partial charge in [-0.2, -0.15) is 0 Å². The zero-order chi connectivity index (χ0) is 11.1. The van der Waals surface area contributed by atoms with Gasteiger partial charge in [-0.15, -0.1) is 0 Å². The van der Waals surface area contributed by atoms with Crippen molar-refractivity contribution in [3.05, 3.63) is 30.1 Å². The fourth-order valence-corrected chi connectivity index (χ4v) is 0.990. The first-order valence-corrected chi connectivity index (χ1v) is 4.61. The van der Waals surface area contributed by atoms with Crippen LogP contribution in [0.4, 0.5) is 0 Å². The van der Waals surface area contributed by atoms with Crippen LogP contribution in [0.3, 0.4) is 0 Å². The number of esters is 1. The molecule has 0 aliphatic carbocycles. The molecule has 0 N–H and O–H groups in total. The second kappa shape index (κ2) is 5.80. The Morgan fingerprint density at radius 2 is 2.40 bits per heavy atom. The molecule has 0 bridgehead atoms. The van der Waals surface area contributed by atoms with Gasteiger partial charge in [-0.25, -0.2) is 4.79 Å². The number of methoxy groups -OCH3 is 1. The molecule has 1 heterocycles. The van der Waals surface area contributed by atoms with Crippen molar-refractivity contribution < 1.29 is 14.3 Å². The second-order valence-corrected chi connectivity index (χ2v) is 2.71. The monoisotopic (exact) mass is 207 g/mol. The first kappa shape index (κ1) is 11.2. The number of hydrogen-bond donors (Lipinski definition) is 0. The number of nitrogens with zero attached hydrogens (tertiary/aromatic N) is 1. The first-order valence-electron chi connectivity index (χ1n) is 4.61. The van der Waals surface area contributed by atoms with E-state index in [1.54, 1.807) is 38.4 Å². The van der Waals surface area contributed by atoms with E-state index in [0.29, 0.717) is 18.1 Å². The van der Waals surface area contributed by atoms with Crippen LogP contribution in [0.15, 0.2) is 24.4 Å². The summed E-state index contributed by atoms with van der Waals surface area (Å²) in [5, 5.41) is 0. The van der Waals surface area contributed by atoms with Crippen molar-refractivity contribution in [2.24, 2.45) is 0 Å². The summed E-state index contributed by atoms with van der Waals surface area (Å²) in [6.45, 7) is 2.13. The molecule has 80 valence electrons. The van der Waals surface area contributed by atoms with Crippen molar-refractivity contribution in [1.82, 2.24) is 4.98 Å². The van der Waals surface area contributed by atoms with E-state index in [2.05, 4.69) is 4.98 Å². The number of hydrogen-bond acceptors (Lipinski definition) is 4. The first-order chi connectivity index (χ1) is 7.26. The maximum Gasteiger partial charge on any atom is 0.330 e. The molecule has 0 aliphatic rings. The van der Waals surface area contributed by atoms with E-state index >= 15 is 0 Å². The maximum atomic E-state index is 11.0. The summed E-state index contributed by atoms with van der Waals surface area (Å²) in [6.07, 6.45) is 4.54. The van der Waals surface area contributed by atoms with Crippen LogP contribution in [-0.2, 0) is 9.53 Å². The lowest BCUT2D eigenvalue weighted by Gasteiger charge is -1.99. The SMILES string of the molecule is CCOC(=O)C=Cc1cc(OC)ccn1. The Kier molecular flexibility index (Phi) is 4.34. The molecule has 4 heteroatoms. The zero-order valence-electron chi connectivity index (χ0n) is 8.77. The molecule has 1 rings (SSSR count). The molecule has 0 saturated carbocycles. The minimum absolute atomic E-state index is 0.370. The van der Waals surface area contributed by atoms with E-state index in [4.69, 9.17) is 9.47 Å². The van der Waals surface area contributed by atoms with Crippen molar-refractivity contribution in [3.8, 4) is 5.75 Å². The Hall–Kier alpha value is -1.84. The fraction of sp³-hybridized carbons (Fsp3) is 0.273. The number of ether oxygens (including phenoxy) is 2. The van der Waals surface area contributed by atoms with E-state index < -0.39 is 0 Å². The molecule has 0 fully saturated rings. The highest BCUT2D eigenvalue weighted by Gasteiger charge is 1.96. The highest BCUT2D eigenvalue weighted by Crippen LogP contribution is 2.10. The van der Waals surface area contributed by atoms with Crippen molar-refractivity contribution in [1.29, 1.82) is 0 Å². The minimum Gasteiger partial charge on any atom is -0.497 e. The molecule has 0 saturated heterocycles. The third-order valence-electron chi connectivity index (χ3n) is 1.67. The molecular weight excluding hydrogens is 194 g/mol. The van der Waals surface area contributed by atoms with Crippen LogP contribution in [0.5, 0.6) is 5.75 Å².